The molecule has 5 aliphatic rings. The maximum atomic E-state index is 13.6. The molecule has 0 bridgehead atoms. The second-order valence-electron chi connectivity index (χ2n) is 15.4. The first-order valence-corrected chi connectivity index (χ1v) is 14.1. The molecule has 0 aromatic rings. The number of aliphatic hydroxyl groups is 1. The molecule has 10 atom stereocenters. The van der Waals surface area contributed by atoms with Crippen molar-refractivity contribution in [2.75, 3.05) is 0 Å². The lowest BCUT2D eigenvalue weighted by Crippen LogP contribution is -2.70. The molecule has 3 nitrogen and oxygen atoms in total. The van der Waals surface area contributed by atoms with Gasteiger partial charge in [-0.1, -0.05) is 48.5 Å². The largest absolute Gasteiger partial charge is 0.481 e. The molecule has 33 heavy (non-hydrogen) atoms. The second-order valence-corrected chi connectivity index (χ2v) is 15.4. The molecule has 5 aliphatic carbocycles. The van der Waals surface area contributed by atoms with Crippen LogP contribution in [0.5, 0.6) is 0 Å². The van der Waals surface area contributed by atoms with Gasteiger partial charge in [0.2, 0.25) is 0 Å². The van der Waals surface area contributed by atoms with Crippen molar-refractivity contribution < 1.29 is 15.0 Å². The Labute approximate surface area is 202 Å². The molecular formula is C30H50O3. The molecule has 0 unspecified atom stereocenters. The van der Waals surface area contributed by atoms with Gasteiger partial charge in [-0.05, 0) is 121 Å². The lowest BCUT2D eigenvalue weighted by molar-refractivity contribution is -0.268. The van der Waals surface area contributed by atoms with E-state index in [0.717, 1.165) is 44.9 Å². The van der Waals surface area contributed by atoms with Crippen LogP contribution >= 0.6 is 0 Å². The van der Waals surface area contributed by atoms with Gasteiger partial charge in [0.05, 0.1) is 11.5 Å². The van der Waals surface area contributed by atoms with Crippen LogP contribution in [0.4, 0.5) is 0 Å². The summed E-state index contributed by atoms with van der Waals surface area (Å²) in [6.45, 7) is 16.9. The van der Waals surface area contributed by atoms with Crippen molar-refractivity contribution in [3.05, 3.63) is 0 Å². The van der Waals surface area contributed by atoms with Gasteiger partial charge in [-0.2, -0.15) is 0 Å². The van der Waals surface area contributed by atoms with E-state index in [1.54, 1.807) is 0 Å². The molecule has 188 valence electrons. The molecule has 5 fully saturated rings. The lowest BCUT2D eigenvalue weighted by Gasteiger charge is -2.74. The van der Waals surface area contributed by atoms with E-state index in [0.29, 0.717) is 28.6 Å². The predicted octanol–water partition coefficient (Wildman–Crippen LogP) is 7.31. The Hall–Kier alpha value is -0.570. The minimum Gasteiger partial charge on any atom is -0.481 e. The minimum atomic E-state index is -0.599. The van der Waals surface area contributed by atoms with E-state index in [-0.39, 0.29) is 28.3 Å². The number of carboxylic acids is 1. The van der Waals surface area contributed by atoms with Crippen LogP contribution in [0.2, 0.25) is 0 Å². The third-order valence-corrected chi connectivity index (χ3v) is 13.7. The van der Waals surface area contributed by atoms with Crippen molar-refractivity contribution in [1.82, 2.24) is 0 Å². The van der Waals surface area contributed by atoms with Gasteiger partial charge >= 0.3 is 5.97 Å². The van der Waals surface area contributed by atoms with Crippen LogP contribution in [0.25, 0.3) is 0 Å². The molecule has 0 aromatic heterocycles. The summed E-state index contributed by atoms with van der Waals surface area (Å²) in [5.41, 5.74) is 0.0856. The van der Waals surface area contributed by atoms with Crippen LogP contribution in [0.3, 0.4) is 0 Å². The summed E-state index contributed by atoms with van der Waals surface area (Å²) < 4.78 is 0. The second kappa shape index (κ2) is 7.01. The van der Waals surface area contributed by atoms with E-state index < -0.39 is 11.4 Å². The summed E-state index contributed by atoms with van der Waals surface area (Å²) in [6, 6.07) is 0. The van der Waals surface area contributed by atoms with Crippen molar-refractivity contribution in [1.29, 1.82) is 0 Å². The number of carboxylic acid groups (broad SMARTS) is 1. The van der Waals surface area contributed by atoms with Gasteiger partial charge in [0, 0.05) is 0 Å². The van der Waals surface area contributed by atoms with Gasteiger partial charge in [-0.25, -0.2) is 0 Å². The van der Waals surface area contributed by atoms with Gasteiger partial charge in [-0.3, -0.25) is 4.79 Å². The Morgan fingerprint density at radius 3 is 2.06 bits per heavy atom. The highest BCUT2D eigenvalue weighted by atomic mass is 16.4. The smallest absolute Gasteiger partial charge is 0.310 e. The first kappa shape index (κ1) is 24.1. The normalized spacial score (nSPS) is 57.8. The summed E-state index contributed by atoms with van der Waals surface area (Å²) in [5, 5.41) is 21.9. The summed E-state index contributed by atoms with van der Waals surface area (Å²) in [6.07, 6.45) is 11.7. The van der Waals surface area contributed by atoms with E-state index in [2.05, 4.69) is 48.5 Å². The van der Waals surface area contributed by atoms with E-state index in [1.165, 1.54) is 25.7 Å². The van der Waals surface area contributed by atoms with Crippen LogP contribution in [-0.4, -0.2) is 22.3 Å². The Bertz CT molecular complexity index is 834. The Morgan fingerprint density at radius 2 is 1.39 bits per heavy atom. The summed E-state index contributed by atoms with van der Waals surface area (Å²) in [4.78, 5) is 13.6. The molecule has 0 heterocycles. The van der Waals surface area contributed by atoms with Gasteiger partial charge in [0.15, 0.2) is 0 Å². The van der Waals surface area contributed by atoms with E-state index in [4.69, 9.17) is 0 Å². The molecule has 0 aromatic carbocycles. The molecule has 3 heteroatoms. The zero-order valence-electron chi connectivity index (χ0n) is 22.5. The minimum absolute atomic E-state index is 0.0667. The zero-order chi connectivity index (χ0) is 24.2. The van der Waals surface area contributed by atoms with Crippen LogP contribution in [0.15, 0.2) is 0 Å². The molecule has 0 aliphatic heterocycles. The number of rotatable bonds is 1. The molecule has 0 radical (unpaired) electrons. The Balaban J connectivity index is 1.61. The Morgan fingerprint density at radius 1 is 0.727 bits per heavy atom. The lowest BCUT2D eigenvalue weighted by atomic mass is 9.29. The fraction of sp³-hybridized carbons (Fsp3) is 0.967. The van der Waals surface area contributed by atoms with E-state index >= 15 is 0 Å². The quantitative estimate of drug-likeness (QED) is 0.433. The van der Waals surface area contributed by atoms with Crippen molar-refractivity contribution in [2.24, 2.45) is 56.2 Å². The third kappa shape index (κ3) is 2.87. The highest BCUT2D eigenvalue weighted by Crippen LogP contribution is 2.78. The van der Waals surface area contributed by atoms with Crippen LogP contribution in [0, 0.1) is 56.2 Å². The number of aliphatic hydroxyl groups excluding tert-OH is 1. The standard InChI is InChI=1S/C30H50O3/c1-19-20(31)8-9-21-27(19,5)11-10-22-28(21,6)15-16-29(7)23-18-25(2,3)12-13-26(23,4)14-17-30(22,29)24(32)33/h19-23,31H,8-18H2,1-7H3,(H,32,33)/t19-,20+,21+,22-,23+,26+,27+,28-,29-,30+/m0/s1. The molecule has 0 saturated heterocycles. The average molecular weight is 459 g/mol. The van der Waals surface area contributed by atoms with E-state index in [9.17, 15) is 15.0 Å². The molecular weight excluding hydrogens is 408 g/mol. The zero-order valence-corrected chi connectivity index (χ0v) is 22.5. The van der Waals surface area contributed by atoms with Crippen molar-refractivity contribution >= 4 is 5.97 Å². The molecule has 0 spiro atoms. The summed E-state index contributed by atoms with van der Waals surface area (Å²) in [7, 11) is 0. The van der Waals surface area contributed by atoms with Crippen molar-refractivity contribution in [2.45, 2.75) is 125 Å². The van der Waals surface area contributed by atoms with Crippen LogP contribution < -0.4 is 0 Å². The summed E-state index contributed by atoms with van der Waals surface area (Å²) in [5.74, 6) is 1.11. The van der Waals surface area contributed by atoms with Gasteiger partial charge in [0.25, 0.3) is 0 Å². The highest BCUT2D eigenvalue weighted by Gasteiger charge is 2.74. The molecule has 2 N–H and O–H groups in total. The Kier molecular flexibility index (Phi) is 5.13. The first-order valence-electron chi connectivity index (χ1n) is 14.1. The molecule has 0 amide bonds. The number of hydrogen-bond donors (Lipinski definition) is 2. The highest BCUT2D eigenvalue weighted by molar-refractivity contribution is 5.77. The van der Waals surface area contributed by atoms with Gasteiger partial charge in [-0.15, -0.1) is 0 Å². The van der Waals surface area contributed by atoms with Crippen LogP contribution in [0.1, 0.15) is 119 Å². The summed E-state index contributed by atoms with van der Waals surface area (Å²) >= 11 is 0. The van der Waals surface area contributed by atoms with Crippen molar-refractivity contribution in [3.63, 3.8) is 0 Å². The molecule has 5 rings (SSSR count). The predicted molar refractivity (Wildman–Crippen MR) is 133 cm³/mol. The number of carbonyl (C=O) groups is 1. The molecule has 5 saturated carbocycles. The number of fused-ring (bicyclic) bond motifs is 7. The number of hydrogen-bond acceptors (Lipinski definition) is 2. The average Bonchev–Trinajstić information content (AvgIpc) is 2.73. The third-order valence-electron chi connectivity index (χ3n) is 13.7. The topological polar surface area (TPSA) is 57.5 Å². The van der Waals surface area contributed by atoms with Crippen LogP contribution in [-0.2, 0) is 4.79 Å². The number of aliphatic carboxylic acids is 1. The maximum absolute atomic E-state index is 13.6. The fourth-order valence-corrected chi connectivity index (χ4v) is 11.4. The maximum Gasteiger partial charge on any atom is 0.310 e. The van der Waals surface area contributed by atoms with Gasteiger partial charge < -0.3 is 10.2 Å². The van der Waals surface area contributed by atoms with Gasteiger partial charge in [0.1, 0.15) is 0 Å². The first-order chi connectivity index (χ1) is 15.2. The van der Waals surface area contributed by atoms with Crippen molar-refractivity contribution in [3.8, 4) is 0 Å². The SMILES string of the molecule is C[C@H]1[C@H](O)CC[C@@H]2[C@]1(C)CC[C@H]1[C@@]2(C)CC[C@@]2(C)[C@@H]3CC(C)(C)CC[C@]3(C)CC[C@]12C(=O)O. The monoisotopic (exact) mass is 458 g/mol. The fourth-order valence-electron chi connectivity index (χ4n) is 11.4. The van der Waals surface area contributed by atoms with E-state index in [1.807, 2.05) is 0 Å².